The molecule has 22 heavy (non-hydrogen) atoms. The standard InChI is InChI=1S/C18H20FNOS/c1-2-12-5-8-16-14(9-12)10-17(22-16)18(21)20-11-13-3-6-15(19)7-4-13/h3-4,6-7,10,12H,2,5,8-9,11H2,1H3,(H,20,21)/t12-/m1/s1. The smallest absolute Gasteiger partial charge is 0.261 e. The second-order valence-corrected chi connectivity index (χ2v) is 7.02. The molecule has 1 aliphatic rings. The van der Waals surface area contributed by atoms with E-state index in [2.05, 4.69) is 18.3 Å². The number of hydrogen-bond donors (Lipinski definition) is 1. The van der Waals surface area contributed by atoms with Crippen molar-refractivity contribution < 1.29 is 9.18 Å². The number of carbonyl (C=O) groups is 1. The summed E-state index contributed by atoms with van der Waals surface area (Å²) in [6, 6.07) is 8.27. The summed E-state index contributed by atoms with van der Waals surface area (Å²) in [5.74, 6) is 0.473. The van der Waals surface area contributed by atoms with E-state index in [1.54, 1.807) is 23.5 Å². The molecule has 1 aromatic carbocycles. The fourth-order valence-corrected chi connectivity index (χ4v) is 4.06. The average molecular weight is 317 g/mol. The summed E-state index contributed by atoms with van der Waals surface area (Å²) in [5, 5.41) is 2.92. The van der Waals surface area contributed by atoms with Gasteiger partial charge in [0.25, 0.3) is 5.91 Å². The highest BCUT2D eigenvalue weighted by Gasteiger charge is 2.21. The van der Waals surface area contributed by atoms with Gasteiger partial charge in [0, 0.05) is 11.4 Å². The van der Waals surface area contributed by atoms with E-state index in [9.17, 15) is 9.18 Å². The van der Waals surface area contributed by atoms with Crippen LogP contribution >= 0.6 is 11.3 Å². The lowest BCUT2D eigenvalue weighted by Crippen LogP contribution is -2.21. The van der Waals surface area contributed by atoms with Crippen LogP contribution in [0.2, 0.25) is 0 Å². The Kier molecular flexibility index (Phi) is 4.57. The van der Waals surface area contributed by atoms with E-state index in [0.29, 0.717) is 6.54 Å². The molecule has 0 saturated heterocycles. The van der Waals surface area contributed by atoms with Gasteiger partial charge in [0.15, 0.2) is 0 Å². The van der Waals surface area contributed by atoms with Crippen molar-refractivity contribution in [3.63, 3.8) is 0 Å². The minimum Gasteiger partial charge on any atom is -0.347 e. The molecule has 4 heteroatoms. The first kappa shape index (κ1) is 15.2. The maximum absolute atomic E-state index is 12.9. The van der Waals surface area contributed by atoms with Gasteiger partial charge in [-0.3, -0.25) is 4.79 Å². The molecule has 116 valence electrons. The highest BCUT2D eigenvalue weighted by atomic mass is 32.1. The third kappa shape index (κ3) is 3.38. The molecular formula is C18H20FNOS. The second-order valence-electron chi connectivity index (χ2n) is 5.89. The molecule has 0 spiro atoms. The van der Waals surface area contributed by atoms with E-state index in [-0.39, 0.29) is 11.7 Å². The Labute approximate surface area is 134 Å². The first-order chi connectivity index (χ1) is 10.7. The summed E-state index contributed by atoms with van der Waals surface area (Å²) in [7, 11) is 0. The maximum Gasteiger partial charge on any atom is 0.261 e. The molecule has 2 aromatic rings. The van der Waals surface area contributed by atoms with Crippen molar-refractivity contribution in [1.29, 1.82) is 0 Å². The third-order valence-corrected chi connectivity index (χ3v) is 5.59. The van der Waals surface area contributed by atoms with Gasteiger partial charge < -0.3 is 5.32 Å². The van der Waals surface area contributed by atoms with Gasteiger partial charge >= 0.3 is 0 Å². The summed E-state index contributed by atoms with van der Waals surface area (Å²) in [6.07, 6.45) is 4.65. The minimum atomic E-state index is -0.258. The Bertz CT molecular complexity index is 662. The molecule has 1 N–H and O–H groups in total. The lowest BCUT2D eigenvalue weighted by atomic mass is 9.87. The Hall–Kier alpha value is -1.68. The number of rotatable bonds is 4. The lowest BCUT2D eigenvalue weighted by Gasteiger charge is -2.19. The van der Waals surface area contributed by atoms with Crippen LogP contribution in [-0.4, -0.2) is 5.91 Å². The van der Waals surface area contributed by atoms with Gasteiger partial charge in [0.2, 0.25) is 0 Å². The van der Waals surface area contributed by atoms with Crippen LogP contribution in [0.5, 0.6) is 0 Å². The molecule has 1 aliphatic carbocycles. The minimum absolute atomic E-state index is 0.0308. The molecule has 1 atom stereocenters. The molecular weight excluding hydrogens is 297 g/mol. The molecule has 0 bridgehead atoms. The van der Waals surface area contributed by atoms with Gasteiger partial charge in [-0.1, -0.05) is 25.5 Å². The van der Waals surface area contributed by atoms with Gasteiger partial charge in [-0.15, -0.1) is 11.3 Å². The van der Waals surface area contributed by atoms with Crippen molar-refractivity contribution in [3.8, 4) is 0 Å². The molecule has 0 unspecified atom stereocenters. The van der Waals surface area contributed by atoms with Crippen LogP contribution in [0, 0.1) is 11.7 Å². The fourth-order valence-electron chi connectivity index (χ4n) is 2.93. The molecule has 0 fully saturated rings. The van der Waals surface area contributed by atoms with Gasteiger partial charge in [-0.05, 0) is 54.5 Å². The number of carbonyl (C=O) groups excluding carboxylic acids is 1. The van der Waals surface area contributed by atoms with Crippen LogP contribution in [0.25, 0.3) is 0 Å². The number of aryl methyl sites for hydroxylation is 1. The normalized spacial score (nSPS) is 17.1. The highest BCUT2D eigenvalue weighted by Crippen LogP contribution is 2.33. The van der Waals surface area contributed by atoms with Crippen LogP contribution in [0.4, 0.5) is 4.39 Å². The number of fused-ring (bicyclic) bond motifs is 1. The molecule has 0 saturated carbocycles. The molecule has 2 nitrogen and oxygen atoms in total. The summed E-state index contributed by atoms with van der Waals surface area (Å²) in [4.78, 5) is 14.4. The Morgan fingerprint density at radius 2 is 2.14 bits per heavy atom. The number of hydrogen-bond acceptors (Lipinski definition) is 2. The Morgan fingerprint density at radius 3 is 2.86 bits per heavy atom. The molecule has 0 radical (unpaired) electrons. The second kappa shape index (κ2) is 6.61. The first-order valence-electron chi connectivity index (χ1n) is 7.80. The predicted molar refractivity (Wildman–Crippen MR) is 87.7 cm³/mol. The van der Waals surface area contributed by atoms with E-state index in [0.717, 1.165) is 29.2 Å². The number of amides is 1. The van der Waals surface area contributed by atoms with Crippen LogP contribution in [0.15, 0.2) is 30.3 Å². The number of thiophene rings is 1. The monoisotopic (exact) mass is 317 g/mol. The van der Waals surface area contributed by atoms with Gasteiger partial charge in [-0.25, -0.2) is 4.39 Å². The van der Waals surface area contributed by atoms with Gasteiger partial charge in [0.05, 0.1) is 4.88 Å². The van der Waals surface area contributed by atoms with Crippen molar-refractivity contribution in [2.45, 2.75) is 39.2 Å². The van der Waals surface area contributed by atoms with Crippen LogP contribution in [0.1, 0.15) is 45.4 Å². The summed E-state index contributed by atoms with van der Waals surface area (Å²) in [5.41, 5.74) is 2.26. The third-order valence-electron chi connectivity index (χ3n) is 4.35. The number of nitrogens with one attached hydrogen (secondary N) is 1. The highest BCUT2D eigenvalue weighted by molar-refractivity contribution is 7.14. The van der Waals surface area contributed by atoms with Gasteiger partial charge in [0.1, 0.15) is 5.82 Å². The summed E-state index contributed by atoms with van der Waals surface area (Å²) < 4.78 is 12.9. The largest absolute Gasteiger partial charge is 0.347 e. The van der Waals surface area contributed by atoms with E-state index >= 15 is 0 Å². The SMILES string of the molecule is CC[C@@H]1CCc2sc(C(=O)NCc3ccc(F)cc3)cc2C1. The summed E-state index contributed by atoms with van der Waals surface area (Å²) >= 11 is 1.62. The zero-order chi connectivity index (χ0) is 15.5. The molecule has 1 amide bonds. The van der Waals surface area contributed by atoms with E-state index < -0.39 is 0 Å². The topological polar surface area (TPSA) is 29.1 Å². The molecule has 1 aromatic heterocycles. The van der Waals surface area contributed by atoms with E-state index in [1.807, 2.05) is 0 Å². The van der Waals surface area contributed by atoms with Crippen molar-refractivity contribution in [1.82, 2.24) is 5.32 Å². The molecule has 1 heterocycles. The van der Waals surface area contributed by atoms with Crippen molar-refractivity contribution in [2.24, 2.45) is 5.92 Å². The van der Waals surface area contributed by atoms with E-state index in [1.165, 1.54) is 35.4 Å². The quantitative estimate of drug-likeness (QED) is 0.893. The zero-order valence-corrected chi connectivity index (χ0v) is 13.5. The van der Waals surface area contributed by atoms with Crippen LogP contribution < -0.4 is 5.32 Å². The maximum atomic E-state index is 12.9. The van der Waals surface area contributed by atoms with Gasteiger partial charge in [-0.2, -0.15) is 0 Å². The lowest BCUT2D eigenvalue weighted by molar-refractivity contribution is 0.0955. The van der Waals surface area contributed by atoms with Crippen LogP contribution in [-0.2, 0) is 19.4 Å². The average Bonchev–Trinajstić information content (AvgIpc) is 2.97. The van der Waals surface area contributed by atoms with Crippen LogP contribution in [0.3, 0.4) is 0 Å². The Morgan fingerprint density at radius 1 is 1.36 bits per heavy atom. The molecule has 0 aliphatic heterocycles. The fraction of sp³-hybridized carbons (Fsp3) is 0.389. The van der Waals surface area contributed by atoms with E-state index in [4.69, 9.17) is 0 Å². The van der Waals surface area contributed by atoms with Crippen molar-refractivity contribution in [3.05, 3.63) is 57.0 Å². The predicted octanol–water partition coefficient (Wildman–Crippen LogP) is 4.33. The summed E-state index contributed by atoms with van der Waals surface area (Å²) in [6.45, 7) is 2.66. The molecule has 3 rings (SSSR count). The number of halogens is 1. The zero-order valence-electron chi connectivity index (χ0n) is 12.7. The first-order valence-corrected chi connectivity index (χ1v) is 8.61. The Balaban J connectivity index is 1.63. The van der Waals surface area contributed by atoms with Crippen molar-refractivity contribution >= 4 is 17.2 Å². The van der Waals surface area contributed by atoms with Crippen molar-refractivity contribution in [2.75, 3.05) is 0 Å². The number of benzene rings is 1.